The molecule has 0 unspecified atom stereocenters. The number of aromatic nitrogens is 2. The minimum absolute atomic E-state index is 0.0192. The van der Waals surface area contributed by atoms with Gasteiger partial charge in [-0.3, -0.25) is 9.59 Å². The van der Waals surface area contributed by atoms with Crippen LogP contribution in [0.3, 0.4) is 0 Å². The Hall–Kier alpha value is -3.65. The van der Waals surface area contributed by atoms with Crippen LogP contribution in [0.5, 0.6) is 0 Å². The van der Waals surface area contributed by atoms with Crippen molar-refractivity contribution in [2.75, 3.05) is 5.32 Å². The fraction of sp³-hybridized carbons (Fsp3) is 0.160. The van der Waals surface area contributed by atoms with E-state index in [0.717, 1.165) is 35.4 Å². The third kappa shape index (κ3) is 4.68. The number of amides is 2. The average molecular weight is 475 g/mol. The number of hydrogen-bond donors (Lipinski definition) is 3. The zero-order valence-electron chi connectivity index (χ0n) is 18.5. The Labute approximate surface area is 202 Å². The second-order valence-corrected chi connectivity index (χ2v) is 8.25. The summed E-state index contributed by atoms with van der Waals surface area (Å²) in [6.45, 7) is 5.76. The number of aromatic amines is 1. The maximum atomic E-state index is 13.4. The zero-order valence-corrected chi connectivity index (χ0v) is 19.2. The second-order valence-electron chi connectivity index (χ2n) is 7.85. The number of nitrogens with one attached hydrogen (secondary N) is 3. The molecule has 0 spiro atoms. The standard InChI is InChI=1S/C25H21BClFN4O2/c1-3-14-5-4-6-20(13(14)2)31-25(34)18-10-16(11-21-23(18)32-22(12-26)30-21)29-24(33)17-8-7-15(28)9-19(17)27/h3,5,7-11H,1,4,6,12H2,2H3,(H,29,33)(H,30,32)(H,31,34). The summed E-state index contributed by atoms with van der Waals surface area (Å²) in [5, 5.41) is 5.69. The lowest BCUT2D eigenvalue weighted by atomic mass is 9.96. The number of imidazole rings is 1. The van der Waals surface area contributed by atoms with E-state index in [0.29, 0.717) is 29.0 Å². The highest BCUT2D eigenvalue weighted by Gasteiger charge is 2.20. The molecule has 0 atom stereocenters. The lowest BCUT2D eigenvalue weighted by Crippen LogP contribution is -2.25. The van der Waals surface area contributed by atoms with E-state index in [1.165, 1.54) is 12.1 Å². The fourth-order valence-corrected chi connectivity index (χ4v) is 4.12. The SMILES string of the molecule is [B]Cc1nc2c(C(=O)NC3=C(C)C(C=C)=CCC3)cc(NC(=O)c3ccc(F)cc3Cl)cc2[nH]1. The molecule has 2 amide bonds. The molecule has 2 radical (unpaired) electrons. The zero-order chi connectivity index (χ0) is 24.4. The Balaban J connectivity index is 1.70. The van der Waals surface area contributed by atoms with Crippen LogP contribution in [0.1, 0.15) is 46.3 Å². The molecule has 1 aliphatic rings. The molecule has 1 heterocycles. The monoisotopic (exact) mass is 474 g/mol. The minimum Gasteiger partial charge on any atom is -0.343 e. The summed E-state index contributed by atoms with van der Waals surface area (Å²) < 4.78 is 13.4. The highest BCUT2D eigenvalue weighted by molar-refractivity contribution is 6.34. The van der Waals surface area contributed by atoms with E-state index >= 15 is 0 Å². The maximum absolute atomic E-state index is 13.4. The van der Waals surface area contributed by atoms with Gasteiger partial charge in [0.25, 0.3) is 11.8 Å². The van der Waals surface area contributed by atoms with Gasteiger partial charge in [0.15, 0.2) is 0 Å². The first-order valence-electron chi connectivity index (χ1n) is 10.6. The van der Waals surface area contributed by atoms with Crippen LogP contribution in [-0.4, -0.2) is 29.6 Å². The van der Waals surface area contributed by atoms with Gasteiger partial charge in [0.2, 0.25) is 0 Å². The molecule has 4 rings (SSSR count). The number of anilines is 1. The first-order valence-corrected chi connectivity index (χ1v) is 11.0. The molecule has 1 aromatic heterocycles. The molecule has 0 saturated heterocycles. The van der Waals surface area contributed by atoms with Crippen molar-refractivity contribution < 1.29 is 14.0 Å². The predicted octanol–water partition coefficient (Wildman–Crippen LogP) is 5.19. The van der Waals surface area contributed by atoms with E-state index in [-0.39, 0.29) is 28.4 Å². The van der Waals surface area contributed by atoms with Crippen LogP contribution in [-0.2, 0) is 6.32 Å². The summed E-state index contributed by atoms with van der Waals surface area (Å²) >= 11 is 6.02. The van der Waals surface area contributed by atoms with Crippen LogP contribution < -0.4 is 10.6 Å². The van der Waals surface area contributed by atoms with Gasteiger partial charge in [-0.15, -0.1) is 0 Å². The van der Waals surface area contributed by atoms with E-state index in [2.05, 4.69) is 33.3 Å². The first kappa shape index (κ1) is 23.5. The fourth-order valence-electron chi connectivity index (χ4n) is 3.87. The number of halogens is 2. The van der Waals surface area contributed by atoms with Crippen molar-refractivity contribution in [2.45, 2.75) is 26.1 Å². The number of fused-ring (bicyclic) bond motifs is 1. The molecule has 0 saturated carbocycles. The van der Waals surface area contributed by atoms with E-state index in [4.69, 9.17) is 19.4 Å². The van der Waals surface area contributed by atoms with Crippen molar-refractivity contribution in [3.8, 4) is 0 Å². The molecule has 9 heteroatoms. The number of hydrogen-bond acceptors (Lipinski definition) is 3. The summed E-state index contributed by atoms with van der Waals surface area (Å²) in [7, 11) is 5.73. The minimum atomic E-state index is -0.546. The van der Waals surface area contributed by atoms with E-state index in [1.807, 2.05) is 6.92 Å². The van der Waals surface area contributed by atoms with Gasteiger partial charge < -0.3 is 15.6 Å². The summed E-state index contributed by atoms with van der Waals surface area (Å²) in [6, 6.07) is 6.70. The normalized spacial score (nSPS) is 13.6. The van der Waals surface area contributed by atoms with Crippen molar-refractivity contribution in [3.63, 3.8) is 0 Å². The van der Waals surface area contributed by atoms with Crippen LogP contribution in [0.2, 0.25) is 5.02 Å². The predicted molar refractivity (Wildman–Crippen MR) is 133 cm³/mol. The Bertz CT molecular complexity index is 1390. The molecule has 3 aromatic rings. The largest absolute Gasteiger partial charge is 0.343 e. The van der Waals surface area contributed by atoms with Crippen LogP contribution in [0.15, 0.2) is 65.9 Å². The molecule has 0 aliphatic heterocycles. The Kier molecular flexibility index (Phi) is 6.70. The van der Waals surface area contributed by atoms with Crippen molar-refractivity contribution in [3.05, 3.63) is 93.7 Å². The summed E-state index contributed by atoms with van der Waals surface area (Å²) in [4.78, 5) is 33.6. The van der Waals surface area contributed by atoms with Gasteiger partial charge in [0, 0.05) is 11.4 Å². The van der Waals surface area contributed by atoms with Gasteiger partial charge >= 0.3 is 0 Å². The number of nitrogens with zero attached hydrogens (tertiary/aromatic N) is 1. The van der Waals surface area contributed by atoms with Gasteiger partial charge in [-0.25, -0.2) is 9.37 Å². The van der Waals surface area contributed by atoms with Crippen molar-refractivity contribution in [1.82, 2.24) is 15.3 Å². The lowest BCUT2D eigenvalue weighted by Gasteiger charge is -2.19. The smallest absolute Gasteiger partial charge is 0.257 e. The lowest BCUT2D eigenvalue weighted by molar-refractivity contribution is 0.0963. The molecule has 2 aromatic carbocycles. The molecule has 6 nitrogen and oxygen atoms in total. The number of benzene rings is 2. The van der Waals surface area contributed by atoms with E-state index in [1.54, 1.807) is 12.1 Å². The Morgan fingerprint density at radius 3 is 2.71 bits per heavy atom. The number of rotatable bonds is 6. The van der Waals surface area contributed by atoms with Crippen LogP contribution >= 0.6 is 11.6 Å². The van der Waals surface area contributed by atoms with Crippen molar-refractivity contribution in [1.29, 1.82) is 0 Å². The Morgan fingerprint density at radius 2 is 2.00 bits per heavy atom. The van der Waals surface area contributed by atoms with Gasteiger partial charge in [0.05, 0.1) is 35.3 Å². The molecule has 0 bridgehead atoms. The number of H-pyrrole nitrogens is 1. The first-order chi connectivity index (χ1) is 16.3. The average Bonchev–Trinajstić information content (AvgIpc) is 3.23. The molecular formula is C25H21BClFN4O2. The summed E-state index contributed by atoms with van der Waals surface area (Å²) in [5.41, 5.74) is 4.42. The quantitative estimate of drug-likeness (QED) is 0.430. The van der Waals surface area contributed by atoms with Gasteiger partial charge in [-0.2, -0.15) is 0 Å². The molecule has 3 N–H and O–H groups in total. The van der Waals surface area contributed by atoms with Crippen molar-refractivity contribution in [2.24, 2.45) is 0 Å². The highest BCUT2D eigenvalue weighted by Crippen LogP contribution is 2.27. The van der Waals surface area contributed by atoms with Crippen LogP contribution in [0, 0.1) is 5.82 Å². The Morgan fingerprint density at radius 1 is 1.24 bits per heavy atom. The summed E-state index contributed by atoms with van der Waals surface area (Å²) in [6.07, 6.45) is 5.47. The third-order valence-electron chi connectivity index (χ3n) is 5.64. The van der Waals surface area contributed by atoms with Crippen LogP contribution in [0.4, 0.5) is 10.1 Å². The van der Waals surface area contributed by atoms with Crippen molar-refractivity contribution >= 4 is 48.0 Å². The number of carbonyl (C=O) groups excluding carboxylic acids is 2. The van der Waals surface area contributed by atoms with Gasteiger partial charge in [0.1, 0.15) is 11.3 Å². The maximum Gasteiger partial charge on any atom is 0.257 e. The second kappa shape index (κ2) is 9.69. The van der Waals surface area contributed by atoms with Gasteiger partial charge in [-0.05, 0) is 67.6 Å². The molecule has 1 aliphatic carbocycles. The van der Waals surface area contributed by atoms with E-state index < -0.39 is 11.7 Å². The van der Waals surface area contributed by atoms with Crippen LogP contribution in [0.25, 0.3) is 11.0 Å². The topological polar surface area (TPSA) is 86.9 Å². The molecule has 0 fully saturated rings. The highest BCUT2D eigenvalue weighted by atomic mass is 35.5. The number of allylic oxidation sites excluding steroid dienone is 5. The molecule has 170 valence electrons. The van der Waals surface area contributed by atoms with Gasteiger partial charge in [-0.1, -0.05) is 30.3 Å². The third-order valence-corrected chi connectivity index (χ3v) is 5.95. The number of carbonyl (C=O) groups is 2. The van der Waals surface area contributed by atoms with E-state index in [9.17, 15) is 14.0 Å². The summed E-state index contributed by atoms with van der Waals surface area (Å²) in [5.74, 6) is -0.953. The molecule has 34 heavy (non-hydrogen) atoms. The molecular weight excluding hydrogens is 454 g/mol.